The maximum atomic E-state index is 10.9. The van der Waals surface area contributed by atoms with Crippen LogP contribution < -0.4 is 5.32 Å². The summed E-state index contributed by atoms with van der Waals surface area (Å²) in [6.07, 6.45) is 0. The number of rotatable bonds is 3. The van der Waals surface area contributed by atoms with Crippen molar-refractivity contribution in [2.24, 2.45) is 5.92 Å². The molecule has 1 aliphatic rings. The van der Waals surface area contributed by atoms with E-state index in [0.29, 0.717) is 12.6 Å². The van der Waals surface area contributed by atoms with Crippen LogP contribution in [-0.4, -0.2) is 48.2 Å². The summed E-state index contributed by atoms with van der Waals surface area (Å²) >= 11 is 0. The van der Waals surface area contributed by atoms with Crippen LogP contribution in [0.2, 0.25) is 0 Å². The second kappa shape index (κ2) is 4.07. The fraction of sp³-hybridized carbons (Fsp3) is 0.889. The summed E-state index contributed by atoms with van der Waals surface area (Å²) in [6, 6.07) is 0.528. The lowest BCUT2D eigenvalue weighted by Gasteiger charge is -2.19. The van der Waals surface area contributed by atoms with Gasteiger partial charge in [-0.15, -0.1) is 0 Å². The molecule has 76 valence electrons. The first-order valence-corrected chi connectivity index (χ1v) is 4.70. The fourth-order valence-electron chi connectivity index (χ4n) is 1.80. The Hall–Kier alpha value is -0.610. The Balaban J connectivity index is 2.61. The molecule has 1 rings (SSSR count). The van der Waals surface area contributed by atoms with Crippen LogP contribution in [0.4, 0.5) is 0 Å². The summed E-state index contributed by atoms with van der Waals surface area (Å²) < 4.78 is 0. The second-order valence-corrected chi connectivity index (χ2v) is 3.89. The minimum Gasteiger partial charge on any atom is -0.481 e. The largest absolute Gasteiger partial charge is 0.481 e. The van der Waals surface area contributed by atoms with Crippen molar-refractivity contribution in [3.63, 3.8) is 0 Å². The van der Waals surface area contributed by atoms with Gasteiger partial charge in [-0.2, -0.15) is 0 Å². The van der Waals surface area contributed by atoms with Gasteiger partial charge in [-0.3, -0.25) is 9.69 Å². The van der Waals surface area contributed by atoms with Crippen molar-refractivity contribution in [2.45, 2.75) is 25.9 Å². The lowest BCUT2D eigenvalue weighted by atomic mass is 10.1. The molecule has 2 N–H and O–H groups in total. The predicted octanol–water partition coefficient (Wildman–Crippen LogP) is -0.000800. The van der Waals surface area contributed by atoms with Gasteiger partial charge in [0.2, 0.25) is 0 Å². The van der Waals surface area contributed by atoms with E-state index in [4.69, 9.17) is 5.11 Å². The van der Waals surface area contributed by atoms with E-state index in [0.717, 1.165) is 6.54 Å². The summed E-state index contributed by atoms with van der Waals surface area (Å²) in [7, 11) is 1.82. The maximum Gasteiger partial charge on any atom is 0.309 e. The SMILES string of the molecule is CNC1CN(C(C)C)CC1C(=O)O. The highest BCUT2D eigenvalue weighted by molar-refractivity contribution is 5.71. The van der Waals surface area contributed by atoms with Gasteiger partial charge in [0.15, 0.2) is 0 Å². The van der Waals surface area contributed by atoms with Gasteiger partial charge in [0.05, 0.1) is 5.92 Å². The molecule has 0 spiro atoms. The molecule has 0 amide bonds. The quantitative estimate of drug-likeness (QED) is 0.651. The van der Waals surface area contributed by atoms with Gasteiger partial charge in [0, 0.05) is 25.2 Å². The first-order valence-electron chi connectivity index (χ1n) is 4.70. The topological polar surface area (TPSA) is 52.6 Å². The highest BCUT2D eigenvalue weighted by Gasteiger charge is 2.37. The van der Waals surface area contributed by atoms with Crippen LogP contribution in [0.5, 0.6) is 0 Å². The molecule has 4 nitrogen and oxygen atoms in total. The van der Waals surface area contributed by atoms with Crippen molar-refractivity contribution >= 4 is 5.97 Å². The minimum atomic E-state index is -0.692. The molecule has 4 heteroatoms. The van der Waals surface area contributed by atoms with Crippen molar-refractivity contribution < 1.29 is 9.90 Å². The Kier molecular flexibility index (Phi) is 3.27. The number of likely N-dealkylation sites (N-methyl/N-ethyl adjacent to an activating group) is 1. The van der Waals surface area contributed by atoms with Crippen molar-refractivity contribution in [1.82, 2.24) is 10.2 Å². The monoisotopic (exact) mass is 186 g/mol. The van der Waals surface area contributed by atoms with Crippen LogP contribution in [0.3, 0.4) is 0 Å². The van der Waals surface area contributed by atoms with Gasteiger partial charge in [0.25, 0.3) is 0 Å². The molecule has 0 aromatic rings. The van der Waals surface area contributed by atoms with Crippen LogP contribution in [0.1, 0.15) is 13.8 Å². The number of nitrogens with zero attached hydrogens (tertiary/aromatic N) is 1. The van der Waals surface area contributed by atoms with Crippen molar-refractivity contribution in [2.75, 3.05) is 20.1 Å². The van der Waals surface area contributed by atoms with Crippen molar-refractivity contribution in [3.8, 4) is 0 Å². The molecule has 1 heterocycles. The van der Waals surface area contributed by atoms with Crippen LogP contribution in [0.25, 0.3) is 0 Å². The standard InChI is InChI=1S/C9H18N2O2/c1-6(2)11-4-7(9(12)13)8(5-11)10-3/h6-8,10H,4-5H2,1-3H3,(H,12,13). The van der Waals surface area contributed by atoms with Crippen LogP contribution in [0.15, 0.2) is 0 Å². The zero-order valence-electron chi connectivity index (χ0n) is 8.45. The molecular formula is C9H18N2O2. The number of carbonyl (C=O) groups is 1. The summed E-state index contributed by atoms with van der Waals surface area (Å²) in [4.78, 5) is 13.1. The van der Waals surface area contributed by atoms with Crippen molar-refractivity contribution in [1.29, 1.82) is 0 Å². The first kappa shape index (κ1) is 10.5. The molecule has 1 aliphatic heterocycles. The Morgan fingerprint density at radius 1 is 1.54 bits per heavy atom. The summed E-state index contributed by atoms with van der Waals surface area (Å²) in [5.74, 6) is -0.949. The van der Waals surface area contributed by atoms with E-state index in [1.807, 2.05) is 7.05 Å². The first-order chi connectivity index (χ1) is 6.06. The molecule has 1 fully saturated rings. The van der Waals surface area contributed by atoms with Gasteiger partial charge >= 0.3 is 5.97 Å². The number of carboxylic acids is 1. The summed E-state index contributed by atoms with van der Waals surface area (Å²) in [5.41, 5.74) is 0. The predicted molar refractivity (Wildman–Crippen MR) is 50.7 cm³/mol. The third kappa shape index (κ3) is 2.19. The molecule has 0 aromatic heterocycles. The van der Waals surface area contributed by atoms with Gasteiger partial charge in [-0.1, -0.05) is 0 Å². The lowest BCUT2D eigenvalue weighted by Crippen LogP contribution is -2.37. The number of hydrogen-bond donors (Lipinski definition) is 2. The number of likely N-dealkylation sites (tertiary alicyclic amines) is 1. The number of hydrogen-bond acceptors (Lipinski definition) is 3. The highest BCUT2D eigenvalue weighted by Crippen LogP contribution is 2.19. The van der Waals surface area contributed by atoms with Crippen LogP contribution in [0, 0.1) is 5.92 Å². The molecule has 13 heavy (non-hydrogen) atoms. The number of carboxylic acid groups (broad SMARTS) is 1. The molecule has 0 aromatic carbocycles. The Morgan fingerprint density at radius 3 is 2.46 bits per heavy atom. The Morgan fingerprint density at radius 2 is 2.15 bits per heavy atom. The van der Waals surface area contributed by atoms with E-state index in [1.54, 1.807) is 0 Å². The maximum absolute atomic E-state index is 10.9. The van der Waals surface area contributed by atoms with E-state index < -0.39 is 5.97 Å². The van der Waals surface area contributed by atoms with E-state index in [1.165, 1.54) is 0 Å². The number of nitrogens with one attached hydrogen (secondary N) is 1. The normalized spacial score (nSPS) is 29.8. The third-order valence-electron chi connectivity index (χ3n) is 2.77. The molecule has 0 saturated carbocycles. The minimum absolute atomic E-state index is 0.0971. The van der Waals surface area contributed by atoms with E-state index in [-0.39, 0.29) is 12.0 Å². The Bertz CT molecular complexity index is 194. The molecule has 0 bridgehead atoms. The van der Waals surface area contributed by atoms with Gasteiger partial charge < -0.3 is 10.4 Å². The van der Waals surface area contributed by atoms with Crippen molar-refractivity contribution in [3.05, 3.63) is 0 Å². The summed E-state index contributed by atoms with van der Waals surface area (Å²) in [6.45, 7) is 5.69. The van der Waals surface area contributed by atoms with Gasteiger partial charge in [-0.05, 0) is 20.9 Å². The Labute approximate surface area is 78.9 Å². The van der Waals surface area contributed by atoms with E-state index >= 15 is 0 Å². The molecule has 2 unspecified atom stereocenters. The third-order valence-corrected chi connectivity index (χ3v) is 2.77. The second-order valence-electron chi connectivity index (χ2n) is 3.89. The molecule has 1 saturated heterocycles. The highest BCUT2D eigenvalue weighted by atomic mass is 16.4. The zero-order chi connectivity index (χ0) is 10.0. The van der Waals surface area contributed by atoms with Gasteiger partial charge in [-0.25, -0.2) is 0 Å². The molecule has 0 radical (unpaired) electrons. The average molecular weight is 186 g/mol. The lowest BCUT2D eigenvalue weighted by molar-refractivity contribution is -0.141. The smallest absolute Gasteiger partial charge is 0.309 e. The molecular weight excluding hydrogens is 168 g/mol. The van der Waals surface area contributed by atoms with Crippen LogP contribution >= 0.6 is 0 Å². The van der Waals surface area contributed by atoms with E-state index in [2.05, 4.69) is 24.1 Å². The average Bonchev–Trinajstić information content (AvgIpc) is 2.47. The number of aliphatic carboxylic acids is 1. The zero-order valence-corrected chi connectivity index (χ0v) is 8.45. The fourth-order valence-corrected chi connectivity index (χ4v) is 1.80. The molecule has 2 atom stereocenters. The van der Waals surface area contributed by atoms with E-state index in [9.17, 15) is 4.79 Å². The van der Waals surface area contributed by atoms with Crippen LogP contribution in [-0.2, 0) is 4.79 Å². The summed E-state index contributed by atoms with van der Waals surface area (Å²) in [5, 5.41) is 12.0. The van der Waals surface area contributed by atoms with Gasteiger partial charge in [0.1, 0.15) is 0 Å². The molecule has 0 aliphatic carbocycles.